The Kier molecular flexibility index (Phi) is 7.17. The van der Waals surface area contributed by atoms with Crippen LogP contribution in [0.3, 0.4) is 0 Å². The van der Waals surface area contributed by atoms with Crippen LogP contribution in [0.5, 0.6) is 0 Å². The number of carbonyl (C=O) groups is 1. The van der Waals surface area contributed by atoms with Crippen LogP contribution in [0.1, 0.15) is 5.56 Å². The van der Waals surface area contributed by atoms with Crippen molar-refractivity contribution >= 4 is 62.4 Å². The van der Waals surface area contributed by atoms with Gasteiger partial charge in [-0.05, 0) is 61.1 Å². The first-order valence-electron chi connectivity index (χ1n) is 8.35. The molecule has 7 nitrogen and oxygen atoms in total. The predicted octanol–water partition coefficient (Wildman–Crippen LogP) is 4.10. The van der Waals surface area contributed by atoms with E-state index < -0.39 is 10.0 Å². The lowest BCUT2D eigenvalue weighted by Gasteiger charge is -2.10. The Morgan fingerprint density at radius 2 is 1.72 bits per heavy atom. The van der Waals surface area contributed by atoms with Crippen molar-refractivity contribution in [2.45, 2.75) is 21.3 Å². The maximum atomic E-state index is 12.4. The van der Waals surface area contributed by atoms with Gasteiger partial charge in [-0.25, -0.2) is 13.4 Å². The van der Waals surface area contributed by atoms with E-state index in [-0.39, 0.29) is 16.6 Å². The Hall–Kier alpha value is -2.08. The molecule has 1 heterocycles. The van der Waals surface area contributed by atoms with Crippen molar-refractivity contribution in [3.8, 4) is 0 Å². The zero-order valence-corrected chi connectivity index (χ0v) is 18.8. The van der Waals surface area contributed by atoms with Crippen LogP contribution in [0.4, 0.5) is 11.4 Å². The molecule has 0 bridgehead atoms. The molecule has 0 saturated heterocycles. The fraction of sp³-hybridized carbons (Fsp3) is 0.167. The van der Waals surface area contributed by atoms with Crippen LogP contribution in [-0.4, -0.2) is 35.7 Å². The van der Waals surface area contributed by atoms with Crippen molar-refractivity contribution in [3.63, 3.8) is 0 Å². The lowest BCUT2D eigenvalue weighted by molar-refractivity contribution is -0.113. The Morgan fingerprint density at radius 1 is 1.07 bits per heavy atom. The molecule has 0 unspecified atom stereocenters. The number of amides is 1. The Bertz CT molecular complexity index is 1080. The number of thioether (sulfide) groups is 2. The molecule has 0 saturated carbocycles. The fourth-order valence-electron chi connectivity index (χ4n) is 2.22. The highest BCUT2D eigenvalue weighted by atomic mass is 32.2. The minimum Gasteiger partial charge on any atom is -0.325 e. The quantitative estimate of drug-likeness (QED) is 0.482. The second-order valence-corrected chi connectivity index (χ2v) is 10.3. The van der Waals surface area contributed by atoms with Gasteiger partial charge in [-0.15, -0.1) is 0 Å². The Labute approximate surface area is 181 Å². The van der Waals surface area contributed by atoms with Crippen molar-refractivity contribution in [1.29, 1.82) is 0 Å². The molecule has 2 N–H and O–H groups in total. The molecule has 2 aromatic carbocycles. The summed E-state index contributed by atoms with van der Waals surface area (Å²) in [4.78, 5) is 16.6. The highest BCUT2D eigenvalue weighted by Gasteiger charge is 2.14. The van der Waals surface area contributed by atoms with Gasteiger partial charge in [-0.3, -0.25) is 9.52 Å². The third-order valence-electron chi connectivity index (χ3n) is 3.65. The number of carbonyl (C=O) groups excluding carboxylic acids is 1. The van der Waals surface area contributed by atoms with E-state index >= 15 is 0 Å². The summed E-state index contributed by atoms with van der Waals surface area (Å²) in [5, 5.41) is 3.47. The highest BCUT2D eigenvalue weighted by molar-refractivity contribution is 8.01. The smallest absolute Gasteiger partial charge is 0.261 e. The topological polar surface area (TPSA) is 101 Å². The van der Waals surface area contributed by atoms with Crippen molar-refractivity contribution in [1.82, 2.24) is 9.36 Å². The molecule has 0 aliphatic rings. The average Bonchev–Trinajstić information content (AvgIpc) is 3.16. The second kappa shape index (κ2) is 9.61. The molecule has 1 amide bonds. The molecule has 0 spiro atoms. The van der Waals surface area contributed by atoms with Crippen LogP contribution in [0, 0.1) is 6.92 Å². The van der Waals surface area contributed by atoms with Crippen LogP contribution in [0.25, 0.3) is 0 Å². The van der Waals surface area contributed by atoms with Crippen LogP contribution in [0.15, 0.2) is 62.9 Å². The fourth-order valence-corrected chi connectivity index (χ4v) is 5.28. The number of nitrogens with zero attached hydrogens (tertiary/aromatic N) is 2. The van der Waals surface area contributed by atoms with E-state index in [1.165, 1.54) is 35.1 Å². The minimum absolute atomic E-state index is 0.177. The average molecular weight is 467 g/mol. The number of aryl methyl sites for hydroxylation is 1. The Morgan fingerprint density at radius 3 is 2.34 bits per heavy atom. The molecule has 0 fully saturated rings. The number of sulfonamides is 1. The van der Waals surface area contributed by atoms with E-state index in [4.69, 9.17) is 0 Å². The van der Waals surface area contributed by atoms with E-state index in [9.17, 15) is 13.2 Å². The summed E-state index contributed by atoms with van der Waals surface area (Å²) in [6.45, 7) is 1.89. The predicted molar refractivity (Wildman–Crippen MR) is 119 cm³/mol. The molecule has 0 aliphatic heterocycles. The molecule has 0 aliphatic carbocycles. The second-order valence-electron chi connectivity index (χ2n) is 5.88. The van der Waals surface area contributed by atoms with Crippen molar-refractivity contribution in [2.24, 2.45) is 0 Å². The number of nitrogens with one attached hydrogen (secondary N) is 2. The third-order valence-corrected chi connectivity index (χ3v) is 7.54. The van der Waals surface area contributed by atoms with E-state index in [1.807, 2.05) is 13.2 Å². The van der Waals surface area contributed by atoms with Crippen molar-refractivity contribution in [2.75, 3.05) is 22.0 Å². The summed E-state index contributed by atoms with van der Waals surface area (Å²) < 4.78 is 32.3. The molecule has 3 aromatic rings. The number of anilines is 2. The van der Waals surface area contributed by atoms with Gasteiger partial charge in [0, 0.05) is 11.4 Å². The maximum Gasteiger partial charge on any atom is 0.261 e. The van der Waals surface area contributed by atoms with Crippen molar-refractivity contribution in [3.05, 3.63) is 54.1 Å². The van der Waals surface area contributed by atoms with Gasteiger partial charge in [0.15, 0.2) is 4.34 Å². The molecule has 1 aromatic heterocycles. The molecular weight excluding hydrogens is 448 g/mol. The normalized spacial score (nSPS) is 11.2. The summed E-state index contributed by atoms with van der Waals surface area (Å²) in [6.07, 6.45) is 1.90. The number of rotatable bonds is 8. The standard InChI is InChI=1S/C18H18N4O3S4/c1-12-3-9-15(10-4-12)29(24,25)22-14-7-5-13(6-8-14)19-16(23)11-27-18-20-17(26-2)21-28-18/h3-10,22H,11H2,1-2H3,(H,19,23). The molecule has 0 radical (unpaired) electrons. The van der Waals surface area contributed by atoms with Crippen LogP contribution in [-0.2, 0) is 14.8 Å². The third kappa shape index (κ3) is 6.20. The van der Waals surface area contributed by atoms with E-state index in [0.717, 1.165) is 9.90 Å². The van der Waals surface area contributed by atoms with Gasteiger partial charge >= 0.3 is 0 Å². The molecule has 11 heteroatoms. The first kappa shape index (κ1) is 21.6. The lowest BCUT2D eigenvalue weighted by atomic mass is 10.2. The van der Waals surface area contributed by atoms with Crippen molar-refractivity contribution < 1.29 is 13.2 Å². The zero-order valence-electron chi connectivity index (χ0n) is 15.6. The van der Waals surface area contributed by atoms with Gasteiger partial charge in [-0.2, -0.15) is 4.37 Å². The number of benzene rings is 2. The van der Waals surface area contributed by atoms with Crippen LogP contribution < -0.4 is 10.0 Å². The SMILES string of the molecule is CSc1nsc(SCC(=O)Nc2ccc(NS(=O)(=O)c3ccc(C)cc3)cc2)n1. The van der Waals surface area contributed by atoms with Gasteiger partial charge in [0.2, 0.25) is 11.1 Å². The van der Waals surface area contributed by atoms with E-state index in [0.29, 0.717) is 16.5 Å². The molecule has 3 rings (SSSR count). The summed E-state index contributed by atoms with van der Waals surface area (Å²) >= 11 is 4.04. The molecule has 29 heavy (non-hydrogen) atoms. The van der Waals surface area contributed by atoms with Gasteiger partial charge in [0.05, 0.1) is 10.6 Å². The first-order valence-corrected chi connectivity index (χ1v) is 12.8. The van der Waals surface area contributed by atoms with Gasteiger partial charge < -0.3 is 5.32 Å². The maximum absolute atomic E-state index is 12.4. The van der Waals surface area contributed by atoms with E-state index in [1.54, 1.807) is 48.5 Å². The minimum atomic E-state index is -3.66. The monoisotopic (exact) mass is 466 g/mol. The molecule has 0 atom stereocenters. The highest BCUT2D eigenvalue weighted by Crippen LogP contribution is 2.24. The van der Waals surface area contributed by atoms with Crippen LogP contribution in [0.2, 0.25) is 0 Å². The summed E-state index contributed by atoms with van der Waals surface area (Å²) in [6, 6.07) is 13.1. The number of hydrogen-bond donors (Lipinski definition) is 2. The number of aromatic nitrogens is 2. The van der Waals surface area contributed by atoms with Crippen LogP contribution >= 0.6 is 35.1 Å². The molecular formula is C18H18N4O3S4. The zero-order chi connectivity index (χ0) is 20.9. The largest absolute Gasteiger partial charge is 0.325 e. The van der Waals surface area contributed by atoms with E-state index in [2.05, 4.69) is 19.4 Å². The van der Waals surface area contributed by atoms with Gasteiger partial charge in [-0.1, -0.05) is 41.2 Å². The number of hydrogen-bond acceptors (Lipinski definition) is 8. The van der Waals surface area contributed by atoms with Gasteiger partial charge in [0.1, 0.15) is 0 Å². The lowest BCUT2D eigenvalue weighted by Crippen LogP contribution is -2.15. The first-order chi connectivity index (χ1) is 13.9. The summed E-state index contributed by atoms with van der Waals surface area (Å²) in [7, 11) is -3.66. The summed E-state index contributed by atoms with van der Waals surface area (Å²) in [5.74, 6) is 0.0362. The van der Waals surface area contributed by atoms with Gasteiger partial charge in [0.25, 0.3) is 10.0 Å². The summed E-state index contributed by atoms with van der Waals surface area (Å²) in [5.41, 5.74) is 1.98. The Balaban J connectivity index is 1.55. The molecule has 152 valence electrons.